The molecule has 39 heavy (non-hydrogen) atoms. The Hall–Kier alpha value is -4.59. The number of anilines is 1. The van der Waals surface area contributed by atoms with Crippen LogP contribution in [-0.4, -0.2) is 50.5 Å². The molecule has 3 rings (SSSR count). The molecular weight excluding hydrogens is 541 g/mol. The van der Waals surface area contributed by atoms with E-state index in [9.17, 15) is 31.2 Å². The summed E-state index contributed by atoms with van der Waals surface area (Å²) in [6.07, 6.45) is -5.36. The Morgan fingerprint density at radius 1 is 0.949 bits per heavy atom. The summed E-state index contributed by atoms with van der Waals surface area (Å²) in [5, 5.41) is 7.64. The molecule has 3 aromatic carbocycles. The summed E-state index contributed by atoms with van der Waals surface area (Å²) in [5.41, 5.74) is 6.22. The fourth-order valence-electron chi connectivity index (χ4n) is 3.17. The molecule has 0 unspecified atom stereocenters. The minimum absolute atomic E-state index is 0.106. The van der Waals surface area contributed by atoms with Crippen molar-refractivity contribution in [2.45, 2.75) is 11.9 Å². The SMILES string of the molecule is N=C(N)c1cccc(OCCN(OC(=O)C(F)(F)F)C(=O)c2ccc(NS(=O)(=O)Cc3ccccc3)cc2)c1. The van der Waals surface area contributed by atoms with Crippen molar-refractivity contribution in [1.82, 2.24) is 5.06 Å². The summed E-state index contributed by atoms with van der Waals surface area (Å²) in [5.74, 6) is -4.04. The molecule has 0 aromatic heterocycles. The summed E-state index contributed by atoms with van der Waals surface area (Å²) < 4.78 is 71.0. The molecule has 0 saturated carbocycles. The van der Waals surface area contributed by atoms with Crippen molar-refractivity contribution in [2.24, 2.45) is 5.73 Å². The van der Waals surface area contributed by atoms with Crippen molar-refractivity contribution in [3.05, 3.63) is 95.6 Å². The number of rotatable bonds is 10. The van der Waals surface area contributed by atoms with E-state index in [1.54, 1.807) is 36.4 Å². The number of amidine groups is 1. The predicted molar refractivity (Wildman–Crippen MR) is 135 cm³/mol. The second-order valence-electron chi connectivity index (χ2n) is 8.00. The van der Waals surface area contributed by atoms with Crippen molar-refractivity contribution >= 4 is 33.4 Å². The number of hydroxylamine groups is 2. The van der Waals surface area contributed by atoms with E-state index in [1.165, 1.54) is 30.3 Å². The zero-order valence-electron chi connectivity index (χ0n) is 20.1. The zero-order valence-corrected chi connectivity index (χ0v) is 21.0. The summed E-state index contributed by atoms with van der Waals surface area (Å²) in [6.45, 7) is -0.966. The lowest BCUT2D eigenvalue weighted by Crippen LogP contribution is -2.40. The predicted octanol–water partition coefficient (Wildman–Crippen LogP) is 3.45. The molecule has 3 aromatic rings. The van der Waals surface area contributed by atoms with Crippen LogP contribution in [0, 0.1) is 5.41 Å². The number of carbonyl (C=O) groups excluding carboxylic acids is 2. The van der Waals surface area contributed by atoms with Gasteiger partial charge in [0.1, 0.15) is 18.2 Å². The van der Waals surface area contributed by atoms with Gasteiger partial charge in [-0.25, -0.2) is 13.2 Å². The number of halogens is 3. The van der Waals surface area contributed by atoms with Gasteiger partial charge in [0.2, 0.25) is 10.0 Å². The fourth-order valence-corrected chi connectivity index (χ4v) is 4.37. The number of nitrogens with one attached hydrogen (secondary N) is 2. The lowest BCUT2D eigenvalue weighted by molar-refractivity contribution is -0.229. The number of nitrogen functional groups attached to an aromatic ring is 1. The molecule has 0 atom stereocenters. The number of ether oxygens (including phenoxy) is 1. The largest absolute Gasteiger partial charge is 0.493 e. The average molecular weight is 565 g/mol. The molecule has 14 heteroatoms. The van der Waals surface area contributed by atoms with Gasteiger partial charge in [0.15, 0.2) is 0 Å². The number of carbonyl (C=O) groups is 2. The minimum Gasteiger partial charge on any atom is -0.492 e. The molecule has 0 saturated heterocycles. The maximum Gasteiger partial charge on any atom is 0.493 e. The summed E-state index contributed by atoms with van der Waals surface area (Å²) in [7, 11) is -3.79. The van der Waals surface area contributed by atoms with Crippen LogP contribution in [0.5, 0.6) is 5.75 Å². The standard InChI is InChI=1S/C25H23F3N4O6S/c26-25(27,28)24(34)38-32(13-14-37-21-8-4-7-19(15-21)22(29)30)23(33)18-9-11-20(12-10-18)31-39(35,36)16-17-5-2-1-3-6-17/h1-12,15,31H,13-14,16H2,(H3,29,30). The van der Waals surface area contributed by atoms with Gasteiger partial charge in [-0.05, 0) is 42.0 Å². The molecule has 0 heterocycles. The Morgan fingerprint density at radius 3 is 2.23 bits per heavy atom. The third kappa shape index (κ3) is 8.74. The zero-order chi connectivity index (χ0) is 28.6. The molecule has 0 spiro atoms. The Bertz CT molecular complexity index is 1430. The first-order valence-corrected chi connectivity index (χ1v) is 12.8. The average Bonchev–Trinajstić information content (AvgIpc) is 2.87. The summed E-state index contributed by atoms with van der Waals surface area (Å²) in [4.78, 5) is 28.6. The van der Waals surface area contributed by atoms with Crippen LogP contribution in [0.4, 0.5) is 18.9 Å². The lowest BCUT2D eigenvalue weighted by Gasteiger charge is -2.22. The number of sulfonamides is 1. The first-order chi connectivity index (χ1) is 18.3. The van der Waals surface area contributed by atoms with Gasteiger partial charge >= 0.3 is 12.1 Å². The number of benzene rings is 3. The van der Waals surface area contributed by atoms with Crippen molar-refractivity contribution < 1.29 is 40.8 Å². The number of hydrogen-bond donors (Lipinski definition) is 3. The molecule has 4 N–H and O–H groups in total. The molecule has 0 bridgehead atoms. The highest BCUT2D eigenvalue weighted by Gasteiger charge is 2.43. The quantitative estimate of drug-likeness (QED) is 0.194. The van der Waals surface area contributed by atoms with E-state index in [4.69, 9.17) is 15.9 Å². The molecular formula is C25H23F3N4O6S. The van der Waals surface area contributed by atoms with Crippen molar-refractivity contribution in [2.75, 3.05) is 17.9 Å². The van der Waals surface area contributed by atoms with Crippen LogP contribution in [0.3, 0.4) is 0 Å². The summed E-state index contributed by atoms with van der Waals surface area (Å²) >= 11 is 0. The maximum atomic E-state index is 12.9. The number of alkyl halides is 3. The molecule has 0 fully saturated rings. The Labute approximate surface area is 221 Å². The van der Waals surface area contributed by atoms with E-state index >= 15 is 0 Å². The van der Waals surface area contributed by atoms with E-state index < -0.39 is 34.6 Å². The van der Waals surface area contributed by atoms with Gasteiger partial charge in [-0.1, -0.05) is 42.5 Å². The van der Waals surface area contributed by atoms with Gasteiger partial charge in [-0.3, -0.25) is 14.9 Å². The van der Waals surface area contributed by atoms with E-state index in [1.807, 2.05) is 0 Å². The summed E-state index contributed by atoms with van der Waals surface area (Å²) in [6, 6.07) is 19.2. The second kappa shape index (κ2) is 12.3. The van der Waals surface area contributed by atoms with Gasteiger partial charge in [-0.2, -0.15) is 18.2 Å². The van der Waals surface area contributed by atoms with Crippen LogP contribution in [0.25, 0.3) is 0 Å². The van der Waals surface area contributed by atoms with Gasteiger partial charge in [0, 0.05) is 16.8 Å². The third-order valence-electron chi connectivity index (χ3n) is 4.96. The third-order valence-corrected chi connectivity index (χ3v) is 6.22. The van der Waals surface area contributed by atoms with Gasteiger partial charge in [-0.15, -0.1) is 0 Å². The van der Waals surface area contributed by atoms with E-state index in [0.717, 1.165) is 12.1 Å². The van der Waals surface area contributed by atoms with E-state index in [2.05, 4.69) is 9.56 Å². The lowest BCUT2D eigenvalue weighted by atomic mass is 10.2. The highest BCUT2D eigenvalue weighted by atomic mass is 32.2. The number of nitrogens with two attached hydrogens (primary N) is 1. The Balaban J connectivity index is 1.70. The monoisotopic (exact) mass is 564 g/mol. The van der Waals surface area contributed by atoms with Crippen LogP contribution in [0.15, 0.2) is 78.9 Å². The minimum atomic E-state index is -5.36. The molecule has 0 aliphatic rings. The Morgan fingerprint density at radius 2 is 1.62 bits per heavy atom. The van der Waals surface area contributed by atoms with Crippen molar-refractivity contribution in [3.8, 4) is 5.75 Å². The fraction of sp³-hybridized carbons (Fsp3) is 0.160. The van der Waals surface area contributed by atoms with Crippen LogP contribution in [0.1, 0.15) is 21.5 Å². The maximum absolute atomic E-state index is 12.9. The van der Waals surface area contributed by atoms with Crippen LogP contribution in [-0.2, 0) is 25.4 Å². The van der Waals surface area contributed by atoms with Gasteiger partial charge in [0.05, 0.1) is 12.3 Å². The molecule has 0 aliphatic heterocycles. The molecule has 10 nitrogen and oxygen atoms in total. The van der Waals surface area contributed by atoms with Gasteiger partial charge in [0.25, 0.3) is 5.91 Å². The topological polar surface area (TPSA) is 152 Å². The van der Waals surface area contributed by atoms with E-state index in [0.29, 0.717) is 11.1 Å². The van der Waals surface area contributed by atoms with Crippen LogP contribution >= 0.6 is 0 Å². The highest BCUT2D eigenvalue weighted by molar-refractivity contribution is 7.91. The number of hydrogen-bond acceptors (Lipinski definition) is 7. The van der Waals surface area contributed by atoms with Crippen molar-refractivity contribution in [3.63, 3.8) is 0 Å². The van der Waals surface area contributed by atoms with Gasteiger partial charge < -0.3 is 15.3 Å². The molecule has 206 valence electrons. The van der Waals surface area contributed by atoms with Crippen LogP contribution in [0.2, 0.25) is 0 Å². The highest BCUT2D eigenvalue weighted by Crippen LogP contribution is 2.20. The first-order valence-electron chi connectivity index (χ1n) is 11.2. The molecule has 0 radical (unpaired) electrons. The molecule has 0 aliphatic carbocycles. The van der Waals surface area contributed by atoms with Crippen molar-refractivity contribution in [1.29, 1.82) is 5.41 Å². The molecule has 1 amide bonds. The second-order valence-corrected chi connectivity index (χ2v) is 9.72. The smallest absolute Gasteiger partial charge is 0.492 e. The normalized spacial score (nSPS) is 11.4. The van der Waals surface area contributed by atoms with Crippen LogP contribution < -0.4 is 15.2 Å². The first kappa shape index (κ1) is 29.0. The number of nitrogens with zero attached hydrogens (tertiary/aromatic N) is 1. The van der Waals surface area contributed by atoms with E-state index in [-0.39, 0.29) is 40.3 Å². The Kier molecular flexibility index (Phi) is 9.14. The number of amides is 1.